The van der Waals surface area contributed by atoms with Crippen LogP contribution in [0.1, 0.15) is 37.4 Å². The van der Waals surface area contributed by atoms with Crippen molar-refractivity contribution >= 4 is 21.6 Å². The van der Waals surface area contributed by atoms with Gasteiger partial charge >= 0.3 is 0 Å². The Morgan fingerprint density at radius 2 is 1.59 bits per heavy atom. The molecule has 0 saturated carbocycles. The summed E-state index contributed by atoms with van der Waals surface area (Å²) in [5.74, 6) is 1.18. The Balaban J connectivity index is 2.35. The largest absolute Gasteiger partial charge is 0.496 e. The lowest BCUT2D eigenvalue weighted by atomic mass is 10.0. The Hall–Kier alpha value is -2.94. The molecule has 0 fully saturated rings. The van der Waals surface area contributed by atoms with Crippen molar-refractivity contribution in [2.24, 2.45) is 0 Å². The van der Waals surface area contributed by atoms with Gasteiger partial charge < -0.3 is 19.5 Å². The second kappa shape index (κ2) is 10.6. The molecule has 0 radical (unpaired) electrons. The highest BCUT2D eigenvalue weighted by molar-refractivity contribution is 7.92. The molecule has 0 aliphatic carbocycles. The number of aryl methyl sites for hydroxylation is 1. The molecule has 0 aromatic heterocycles. The second-order valence-corrected chi connectivity index (χ2v) is 9.33. The maximum absolute atomic E-state index is 13.1. The first-order chi connectivity index (χ1) is 15.1. The fourth-order valence-electron chi connectivity index (χ4n) is 3.60. The van der Waals surface area contributed by atoms with Gasteiger partial charge in [0, 0.05) is 6.07 Å². The lowest BCUT2D eigenvalue weighted by molar-refractivity contribution is -0.122. The molecule has 1 N–H and O–H groups in total. The summed E-state index contributed by atoms with van der Waals surface area (Å²) in [5, 5.41) is 2.98. The Morgan fingerprint density at radius 3 is 2.09 bits per heavy atom. The van der Waals surface area contributed by atoms with E-state index in [1.165, 1.54) is 20.3 Å². The summed E-state index contributed by atoms with van der Waals surface area (Å²) >= 11 is 0. The minimum absolute atomic E-state index is 0.277. The van der Waals surface area contributed by atoms with Gasteiger partial charge in [0.25, 0.3) is 0 Å². The molecule has 2 aromatic carbocycles. The van der Waals surface area contributed by atoms with Crippen LogP contribution in [0, 0.1) is 6.92 Å². The van der Waals surface area contributed by atoms with E-state index in [2.05, 4.69) is 5.32 Å². The topological polar surface area (TPSA) is 94.2 Å². The van der Waals surface area contributed by atoms with Crippen molar-refractivity contribution in [2.75, 3.05) is 31.9 Å². The third-order valence-corrected chi connectivity index (χ3v) is 6.50. The van der Waals surface area contributed by atoms with Gasteiger partial charge in [-0.25, -0.2) is 8.42 Å². The summed E-state index contributed by atoms with van der Waals surface area (Å²) in [6, 6.07) is 9.16. The minimum Gasteiger partial charge on any atom is -0.496 e. The monoisotopic (exact) mass is 464 g/mol. The first-order valence-corrected chi connectivity index (χ1v) is 12.1. The van der Waals surface area contributed by atoms with Crippen molar-refractivity contribution in [3.63, 3.8) is 0 Å². The van der Waals surface area contributed by atoms with E-state index < -0.39 is 22.0 Å². The van der Waals surface area contributed by atoms with E-state index in [4.69, 9.17) is 14.2 Å². The number of hydrogen-bond acceptors (Lipinski definition) is 6. The number of sulfonamides is 1. The summed E-state index contributed by atoms with van der Waals surface area (Å²) in [4.78, 5) is 13.1. The van der Waals surface area contributed by atoms with Crippen LogP contribution in [-0.2, 0) is 14.8 Å². The van der Waals surface area contributed by atoms with Crippen LogP contribution < -0.4 is 23.8 Å². The average Bonchev–Trinajstić information content (AvgIpc) is 2.76. The van der Waals surface area contributed by atoms with Gasteiger partial charge in [-0.1, -0.05) is 19.1 Å². The van der Waals surface area contributed by atoms with Crippen LogP contribution >= 0.6 is 0 Å². The van der Waals surface area contributed by atoms with Gasteiger partial charge in [0.15, 0.2) is 11.5 Å². The maximum atomic E-state index is 13.1. The summed E-state index contributed by atoms with van der Waals surface area (Å²) in [7, 11) is 0.795. The molecule has 0 aliphatic rings. The van der Waals surface area contributed by atoms with Crippen LogP contribution in [-0.4, -0.2) is 48.0 Å². The number of anilines is 1. The molecule has 0 aliphatic heterocycles. The van der Waals surface area contributed by atoms with Crippen LogP contribution in [0.15, 0.2) is 36.4 Å². The number of nitrogens with one attached hydrogen (secondary N) is 1. The standard InChI is InChI=1S/C23H32N2O6S/c1-8-19(17-9-11-20(29-4)15(2)13-17)24-23(26)16(3)25(32(7,27)28)18-10-12-21(30-5)22(14-18)31-6/h9-14,16,19H,8H2,1-7H3,(H,24,26)/t16-,19+/m1/s1. The lowest BCUT2D eigenvalue weighted by Gasteiger charge is -2.30. The highest BCUT2D eigenvalue weighted by Gasteiger charge is 2.31. The molecular weight excluding hydrogens is 432 g/mol. The number of carbonyl (C=O) groups excluding carboxylic acids is 1. The Labute approximate surface area is 190 Å². The van der Waals surface area contributed by atoms with Gasteiger partial charge in [0.1, 0.15) is 11.8 Å². The molecule has 32 heavy (non-hydrogen) atoms. The van der Waals surface area contributed by atoms with E-state index in [-0.39, 0.29) is 6.04 Å². The second-order valence-electron chi connectivity index (χ2n) is 7.47. The smallest absolute Gasteiger partial charge is 0.244 e. The Bertz CT molecular complexity index is 1050. The summed E-state index contributed by atoms with van der Waals surface area (Å²) in [6.45, 7) is 5.44. The number of ether oxygens (including phenoxy) is 3. The van der Waals surface area contributed by atoms with Crippen LogP contribution in [0.5, 0.6) is 17.2 Å². The quantitative estimate of drug-likeness (QED) is 0.579. The molecule has 0 saturated heterocycles. The normalized spacial score (nSPS) is 13.1. The van der Waals surface area contributed by atoms with Crippen molar-refractivity contribution in [3.8, 4) is 17.2 Å². The van der Waals surface area contributed by atoms with Crippen molar-refractivity contribution in [2.45, 2.75) is 39.3 Å². The number of hydrogen-bond donors (Lipinski definition) is 1. The van der Waals surface area contributed by atoms with Gasteiger partial charge in [-0.15, -0.1) is 0 Å². The Kier molecular flexibility index (Phi) is 8.38. The highest BCUT2D eigenvalue weighted by atomic mass is 32.2. The molecule has 9 heteroatoms. The van der Waals surface area contributed by atoms with Crippen LogP contribution in [0.25, 0.3) is 0 Å². The zero-order valence-corrected chi connectivity index (χ0v) is 20.4. The number of methoxy groups -OCH3 is 3. The zero-order chi connectivity index (χ0) is 24.1. The summed E-state index contributed by atoms with van der Waals surface area (Å²) in [6.07, 6.45) is 1.71. The molecule has 2 atom stereocenters. The van der Waals surface area contributed by atoms with Crippen LogP contribution in [0.4, 0.5) is 5.69 Å². The first-order valence-electron chi connectivity index (χ1n) is 10.2. The molecule has 2 rings (SSSR count). The fraction of sp³-hybridized carbons (Fsp3) is 0.435. The third kappa shape index (κ3) is 5.64. The third-order valence-electron chi connectivity index (χ3n) is 5.26. The van der Waals surface area contributed by atoms with E-state index in [0.717, 1.165) is 27.4 Å². The molecular formula is C23H32N2O6S. The summed E-state index contributed by atoms with van der Waals surface area (Å²) in [5.41, 5.74) is 2.18. The number of amides is 1. The fourth-order valence-corrected chi connectivity index (χ4v) is 4.77. The average molecular weight is 465 g/mol. The zero-order valence-electron chi connectivity index (χ0n) is 19.6. The van der Waals surface area contributed by atoms with Gasteiger partial charge in [-0.05, 0) is 49.6 Å². The van der Waals surface area contributed by atoms with E-state index >= 15 is 0 Å². The molecule has 2 aromatic rings. The summed E-state index contributed by atoms with van der Waals surface area (Å²) < 4.78 is 42.2. The number of rotatable bonds is 10. The van der Waals surface area contributed by atoms with Crippen molar-refractivity contribution in [1.82, 2.24) is 5.32 Å². The van der Waals surface area contributed by atoms with Crippen LogP contribution in [0.3, 0.4) is 0 Å². The van der Waals surface area contributed by atoms with Gasteiger partial charge in [0.2, 0.25) is 15.9 Å². The number of carbonyl (C=O) groups is 1. The SMILES string of the molecule is CC[C@H](NC(=O)[C@@H](C)N(c1ccc(OC)c(OC)c1)S(C)(=O)=O)c1ccc(OC)c(C)c1. The lowest BCUT2D eigenvalue weighted by Crippen LogP contribution is -2.48. The Morgan fingerprint density at radius 1 is 1.00 bits per heavy atom. The minimum atomic E-state index is -3.77. The van der Waals surface area contributed by atoms with E-state index in [1.807, 2.05) is 32.0 Å². The molecule has 0 heterocycles. The molecule has 176 valence electrons. The van der Waals surface area contributed by atoms with Gasteiger partial charge in [-0.2, -0.15) is 0 Å². The molecule has 0 unspecified atom stereocenters. The van der Waals surface area contributed by atoms with Crippen LogP contribution in [0.2, 0.25) is 0 Å². The highest BCUT2D eigenvalue weighted by Crippen LogP contribution is 2.33. The molecule has 8 nitrogen and oxygen atoms in total. The predicted molar refractivity (Wildman–Crippen MR) is 125 cm³/mol. The van der Waals surface area contributed by atoms with E-state index in [0.29, 0.717) is 23.6 Å². The predicted octanol–water partition coefficient (Wildman–Crippen LogP) is 3.44. The molecule has 1 amide bonds. The van der Waals surface area contributed by atoms with Gasteiger partial charge in [0.05, 0.1) is 39.3 Å². The molecule has 0 bridgehead atoms. The van der Waals surface area contributed by atoms with Crippen molar-refractivity contribution in [1.29, 1.82) is 0 Å². The van der Waals surface area contributed by atoms with Crippen molar-refractivity contribution < 1.29 is 27.4 Å². The van der Waals surface area contributed by atoms with Crippen molar-refractivity contribution in [3.05, 3.63) is 47.5 Å². The molecule has 0 spiro atoms. The number of benzene rings is 2. The first kappa shape index (κ1) is 25.3. The van der Waals surface area contributed by atoms with E-state index in [1.54, 1.807) is 26.2 Å². The van der Waals surface area contributed by atoms with Gasteiger partial charge in [-0.3, -0.25) is 9.10 Å². The number of nitrogens with zero attached hydrogens (tertiary/aromatic N) is 1. The van der Waals surface area contributed by atoms with E-state index in [9.17, 15) is 13.2 Å². The maximum Gasteiger partial charge on any atom is 0.244 e.